The smallest absolute Gasteiger partial charge is 0.340 e. The quantitative estimate of drug-likeness (QED) is 0.712. The van der Waals surface area contributed by atoms with E-state index in [1.165, 1.54) is 6.07 Å². The van der Waals surface area contributed by atoms with Crippen molar-refractivity contribution in [2.24, 2.45) is 0 Å². The van der Waals surface area contributed by atoms with Gasteiger partial charge in [0.25, 0.3) is 0 Å². The molecule has 1 heterocycles. The summed E-state index contributed by atoms with van der Waals surface area (Å²) in [6.07, 6.45) is 0. The highest BCUT2D eigenvalue weighted by atomic mass is 32.2. The molecule has 0 saturated heterocycles. The van der Waals surface area contributed by atoms with Crippen LogP contribution in [0.2, 0.25) is 0 Å². The molecule has 0 aliphatic carbocycles. The van der Waals surface area contributed by atoms with E-state index in [0.29, 0.717) is 16.8 Å². The third kappa shape index (κ3) is 2.43. The molecule has 0 atom stereocenters. The number of hydrogen-bond acceptors (Lipinski definition) is 4. The van der Waals surface area contributed by atoms with Gasteiger partial charge in [-0.25, -0.2) is 13.2 Å². The fraction of sp³-hybridized carbons (Fsp3) is 0.0714. The molecule has 0 fully saturated rings. The zero-order valence-corrected chi connectivity index (χ0v) is 11.8. The molecule has 0 amide bonds. The predicted molar refractivity (Wildman–Crippen MR) is 81.4 cm³/mol. The second kappa shape index (κ2) is 4.78. The average molecular weight is 303 g/mol. The summed E-state index contributed by atoms with van der Waals surface area (Å²) >= 11 is 0. The molecule has 108 valence electrons. The number of benzene rings is 2. The molecule has 3 aromatic rings. The highest BCUT2D eigenvalue weighted by molar-refractivity contribution is 7.89. The van der Waals surface area contributed by atoms with Crippen molar-refractivity contribution < 1.29 is 8.42 Å². The van der Waals surface area contributed by atoms with Gasteiger partial charge in [-0.3, -0.25) is 0 Å². The number of anilines is 1. The first-order chi connectivity index (χ1) is 9.97. The number of aromatic nitrogens is 2. The molecule has 0 bridgehead atoms. The Hall–Kier alpha value is -2.54. The Morgan fingerprint density at radius 3 is 2.52 bits per heavy atom. The second-order valence-electron chi connectivity index (χ2n) is 4.71. The van der Waals surface area contributed by atoms with Crippen molar-refractivity contribution in [1.29, 1.82) is 0 Å². The number of aromatic amines is 1. The summed E-state index contributed by atoms with van der Waals surface area (Å²) in [5, 5.41) is 0. The molecule has 3 N–H and O–H groups in total. The van der Waals surface area contributed by atoms with E-state index in [1.54, 1.807) is 42.5 Å². The number of H-pyrrole nitrogens is 1. The van der Waals surface area contributed by atoms with E-state index in [0.717, 1.165) is 3.97 Å². The van der Waals surface area contributed by atoms with Crippen LogP contribution in [-0.2, 0) is 15.8 Å². The number of hydrogen-bond donors (Lipinski definition) is 2. The van der Waals surface area contributed by atoms with Gasteiger partial charge in [0, 0.05) is 5.69 Å². The van der Waals surface area contributed by atoms with Crippen LogP contribution in [0.15, 0.2) is 53.3 Å². The van der Waals surface area contributed by atoms with E-state index in [1.807, 2.05) is 0 Å². The summed E-state index contributed by atoms with van der Waals surface area (Å²) in [5.74, 6) is -0.254. The van der Waals surface area contributed by atoms with Crippen molar-refractivity contribution in [1.82, 2.24) is 8.96 Å². The van der Waals surface area contributed by atoms with Gasteiger partial charge in [-0.15, -0.1) is 0 Å². The molecular formula is C14H13N3O3S. The summed E-state index contributed by atoms with van der Waals surface area (Å²) < 4.78 is 25.8. The van der Waals surface area contributed by atoms with Crippen molar-refractivity contribution in [2.45, 2.75) is 5.75 Å². The van der Waals surface area contributed by atoms with Gasteiger partial charge < -0.3 is 10.7 Å². The van der Waals surface area contributed by atoms with Gasteiger partial charge in [-0.05, 0) is 23.8 Å². The lowest BCUT2D eigenvalue weighted by Crippen LogP contribution is -2.26. The van der Waals surface area contributed by atoms with E-state index >= 15 is 0 Å². The van der Waals surface area contributed by atoms with Crippen molar-refractivity contribution in [2.75, 3.05) is 5.73 Å². The normalized spacial score (nSPS) is 11.8. The van der Waals surface area contributed by atoms with Gasteiger partial charge in [-0.2, -0.15) is 3.97 Å². The van der Waals surface area contributed by atoms with Crippen LogP contribution in [0, 0.1) is 0 Å². The Kier molecular flexibility index (Phi) is 3.06. The fourth-order valence-electron chi connectivity index (χ4n) is 2.22. The molecular weight excluding hydrogens is 290 g/mol. The van der Waals surface area contributed by atoms with E-state index in [2.05, 4.69) is 4.98 Å². The third-order valence-electron chi connectivity index (χ3n) is 3.14. The number of imidazole rings is 1. The van der Waals surface area contributed by atoms with E-state index in [-0.39, 0.29) is 11.3 Å². The number of nitrogens with zero attached hydrogens (tertiary/aromatic N) is 1. The molecule has 6 nitrogen and oxygen atoms in total. The van der Waals surface area contributed by atoms with Crippen LogP contribution in [0.1, 0.15) is 5.56 Å². The Balaban J connectivity index is 2.17. The van der Waals surface area contributed by atoms with Crippen LogP contribution < -0.4 is 11.4 Å². The van der Waals surface area contributed by atoms with Crippen LogP contribution in [0.4, 0.5) is 5.69 Å². The van der Waals surface area contributed by atoms with Crippen molar-refractivity contribution in [3.63, 3.8) is 0 Å². The number of fused-ring (bicyclic) bond motifs is 1. The van der Waals surface area contributed by atoms with Gasteiger partial charge in [0.15, 0.2) is 0 Å². The van der Waals surface area contributed by atoms with Gasteiger partial charge >= 0.3 is 5.69 Å². The first kappa shape index (κ1) is 13.4. The number of nitrogen functional groups attached to an aromatic ring is 1. The first-order valence-electron chi connectivity index (χ1n) is 6.25. The van der Waals surface area contributed by atoms with E-state index in [4.69, 9.17) is 5.73 Å². The van der Waals surface area contributed by atoms with Crippen LogP contribution in [0.3, 0.4) is 0 Å². The number of rotatable bonds is 3. The monoisotopic (exact) mass is 303 g/mol. The molecule has 0 spiro atoms. The largest absolute Gasteiger partial charge is 0.399 e. The van der Waals surface area contributed by atoms with Crippen LogP contribution in [0.5, 0.6) is 0 Å². The molecule has 1 aromatic heterocycles. The Bertz CT molecular complexity index is 956. The lowest BCUT2D eigenvalue weighted by molar-refractivity contribution is 0.586. The maximum Gasteiger partial charge on any atom is 0.340 e. The molecule has 0 aliphatic rings. The number of nitrogens with one attached hydrogen (secondary N) is 1. The molecule has 0 radical (unpaired) electrons. The second-order valence-corrected chi connectivity index (χ2v) is 6.53. The van der Waals surface area contributed by atoms with E-state index in [9.17, 15) is 13.2 Å². The maximum atomic E-state index is 12.5. The van der Waals surface area contributed by atoms with Gasteiger partial charge in [0.05, 0.1) is 16.8 Å². The summed E-state index contributed by atoms with van der Waals surface area (Å²) in [4.78, 5) is 14.5. The molecule has 3 rings (SSSR count). The zero-order chi connectivity index (χ0) is 15.0. The fourth-order valence-corrected chi connectivity index (χ4v) is 3.72. The van der Waals surface area contributed by atoms with Crippen LogP contribution >= 0.6 is 0 Å². The van der Waals surface area contributed by atoms with Crippen LogP contribution in [-0.4, -0.2) is 17.4 Å². The Morgan fingerprint density at radius 2 is 1.81 bits per heavy atom. The average Bonchev–Trinajstić information content (AvgIpc) is 2.75. The lowest BCUT2D eigenvalue weighted by atomic mass is 10.2. The Morgan fingerprint density at radius 1 is 1.10 bits per heavy atom. The van der Waals surface area contributed by atoms with E-state index < -0.39 is 15.7 Å². The highest BCUT2D eigenvalue weighted by Gasteiger charge is 2.20. The van der Waals surface area contributed by atoms with Gasteiger partial charge in [-0.1, -0.05) is 30.3 Å². The van der Waals surface area contributed by atoms with Crippen molar-refractivity contribution in [3.05, 3.63) is 64.6 Å². The highest BCUT2D eigenvalue weighted by Crippen LogP contribution is 2.17. The predicted octanol–water partition coefficient (Wildman–Crippen LogP) is 1.29. The van der Waals surface area contributed by atoms with Gasteiger partial charge in [0.1, 0.15) is 0 Å². The molecule has 0 aliphatic heterocycles. The standard InChI is InChI=1S/C14H13N3O3S/c15-11-6-7-12-13(8-11)17(14(18)16-12)21(19,20)9-10-4-2-1-3-5-10/h1-8H,9,15H2,(H,16,18). The molecule has 2 aromatic carbocycles. The summed E-state index contributed by atoms with van der Waals surface area (Å²) in [6.45, 7) is 0. The van der Waals surface area contributed by atoms with Crippen molar-refractivity contribution >= 4 is 26.7 Å². The molecule has 0 saturated carbocycles. The maximum absolute atomic E-state index is 12.5. The topological polar surface area (TPSA) is 97.9 Å². The summed E-state index contributed by atoms with van der Waals surface area (Å²) in [7, 11) is -3.83. The molecule has 7 heteroatoms. The van der Waals surface area contributed by atoms with Gasteiger partial charge in [0.2, 0.25) is 10.0 Å². The molecule has 21 heavy (non-hydrogen) atoms. The third-order valence-corrected chi connectivity index (χ3v) is 4.75. The molecule has 0 unspecified atom stereocenters. The first-order valence-corrected chi connectivity index (χ1v) is 7.86. The summed E-state index contributed by atoms with van der Waals surface area (Å²) in [6, 6.07) is 13.4. The minimum absolute atomic E-state index is 0.254. The summed E-state index contributed by atoms with van der Waals surface area (Å²) in [5.41, 5.74) is 6.69. The minimum Gasteiger partial charge on any atom is -0.399 e. The Labute approximate surface area is 120 Å². The van der Waals surface area contributed by atoms with Crippen LogP contribution in [0.25, 0.3) is 11.0 Å². The SMILES string of the molecule is Nc1ccc2[nH]c(=O)n(S(=O)(=O)Cc3ccccc3)c2c1. The zero-order valence-electron chi connectivity index (χ0n) is 11.0. The number of nitrogens with two attached hydrogens (primary N) is 1. The van der Waals surface area contributed by atoms with Crippen molar-refractivity contribution in [3.8, 4) is 0 Å². The lowest BCUT2D eigenvalue weighted by Gasteiger charge is -2.06. The minimum atomic E-state index is -3.83.